The van der Waals surface area contributed by atoms with Crippen molar-refractivity contribution in [1.29, 1.82) is 0 Å². The average molecular weight is 629 g/mol. The highest BCUT2D eigenvalue weighted by molar-refractivity contribution is 7.07. The Kier molecular flexibility index (Phi) is 10.0. The first-order chi connectivity index (χ1) is 22.0. The van der Waals surface area contributed by atoms with Gasteiger partial charge in [-0.1, -0.05) is 72.9 Å². The molecular formula is C35H36N2O7S. The fourth-order valence-electron chi connectivity index (χ4n) is 5.25. The standard InChI is InChI=1S/C35H36N2O7S/c1-6-20-44-32-24(17-13-19-26(32)41-5)30-28(34(39)43-8-3)29(22-14-10-9-11-15-22)36-35-37(30)33(38)27(45-35)21-23-16-12-18-25(40-4)31(23)42-7-2/h9-19,21,30H,6-8,20H2,1-5H3/b27-21+/t30-/m1/s1. The minimum Gasteiger partial charge on any atom is -0.493 e. The van der Waals surface area contributed by atoms with Crippen LogP contribution in [0.25, 0.3) is 11.8 Å². The molecule has 0 amide bonds. The van der Waals surface area contributed by atoms with E-state index in [1.54, 1.807) is 37.9 Å². The third-order valence-electron chi connectivity index (χ3n) is 7.15. The molecule has 1 atom stereocenters. The van der Waals surface area contributed by atoms with Gasteiger partial charge in [0.15, 0.2) is 27.8 Å². The largest absolute Gasteiger partial charge is 0.493 e. The Morgan fingerprint density at radius 3 is 2.27 bits per heavy atom. The minimum atomic E-state index is -0.920. The lowest BCUT2D eigenvalue weighted by molar-refractivity contribution is -0.138. The molecule has 0 N–H and O–H groups in total. The molecule has 3 aromatic carbocycles. The summed E-state index contributed by atoms with van der Waals surface area (Å²) in [5.41, 5.74) is 2.30. The van der Waals surface area contributed by atoms with Gasteiger partial charge in [0.2, 0.25) is 0 Å². The van der Waals surface area contributed by atoms with Crippen molar-refractivity contribution in [2.24, 2.45) is 4.99 Å². The Hall–Kier alpha value is -4.83. The molecule has 4 aromatic rings. The SMILES string of the molecule is CCCOc1c(OC)cccc1[C@@H]1C(C(=O)OCC)=C(c2ccccc2)N=c2s/c(=C/c3cccc(OC)c3OCC)c(=O)n21. The molecule has 1 aliphatic rings. The van der Waals surface area contributed by atoms with Crippen molar-refractivity contribution in [3.63, 3.8) is 0 Å². The second-order valence-electron chi connectivity index (χ2n) is 9.97. The number of rotatable bonds is 12. The number of hydrogen-bond acceptors (Lipinski definition) is 9. The molecule has 0 unspecified atom stereocenters. The number of carbonyl (C=O) groups excluding carboxylic acids is 1. The van der Waals surface area contributed by atoms with Crippen molar-refractivity contribution in [2.75, 3.05) is 34.0 Å². The highest BCUT2D eigenvalue weighted by atomic mass is 32.1. The van der Waals surface area contributed by atoms with Crippen LogP contribution < -0.4 is 33.8 Å². The zero-order valence-electron chi connectivity index (χ0n) is 26.0. The highest BCUT2D eigenvalue weighted by Gasteiger charge is 2.37. The topological polar surface area (TPSA) is 97.6 Å². The number of thiazole rings is 1. The molecule has 1 aliphatic heterocycles. The lowest BCUT2D eigenvalue weighted by Crippen LogP contribution is -2.40. The van der Waals surface area contributed by atoms with Crippen molar-refractivity contribution in [2.45, 2.75) is 33.2 Å². The van der Waals surface area contributed by atoms with Crippen LogP contribution >= 0.6 is 11.3 Å². The average Bonchev–Trinajstić information content (AvgIpc) is 3.38. The third kappa shape index (κ3) is 6.23. The number of esters is 1. The first-order valence-corrected chi connectivity index (χ1v) is 15.7. The van der Waals surface area contributed by atoms with Gasteiger partial charge < -0.3 is 23.7 Å². The van der Waals surface area contributed by atoms with Crippen molar-refractivity contribution in [1.82, 2.24) is 4.57 Å². The Balaban J connectivity index is 1.87. The molecule has 9 nitrogen and oxygen atoms in total. The Bertz CT molecular complexity index is 1890. The fourth-order valence-corrected chi connectivity index (χ4v) is 6.24. The molecule has 0 spiro atoms. The third-order valence-corrected chi connectivity index (χ3v) is 8.14. The molecule has 0 aliphatic carbocycles. The van der Waals surface area contributed by atoms with Gasteiger partial charge in [0.05, 0.1) is 49.8 Å². The first-order valence-electron chi connectivity index (χ1n) is 14.8. The molecular weight excluding hydrogens is 592 g/mol. The van der Waals surface area contributed by atoms with Crippen molar-refractivity contribution in [3.05, 3.63) is 109 Å². The Labute approximate surface area is 265 Å². The summed E-state index contributed by atoms with van der Waals surface area (Å²) in [5.74, 6) is 1.45. The molecule has 234 valence electrons. The maximum atomic E-state index is 14.4. The quantitative estimate of drug-likeness (QED) is 0.201. The van der Waals surface area contributed by atoms with E-state index in [0.29, 0.717) is 67.9 Å². The van der Waals surface area contributed by atoms with Crippen LogP contribution in [-0.2, 0) is 9.53 Å². The van der Waals surface area contributed by atoms with Crippen LogP contribution in [-0.4, -0.2) is 44.6 Å². The van der Waals surface area contributed by atoms with Crippen LogP contribution in [0.5, 0.6) is 23.0 Å². The molecule has 0 saturated heterocycles. The fraction of sp³-hybridized carbons (Fsp3) is 0.286. The minimum absolute atomic E-state index is 0.148. The lowest BCUT2D eigenvalue weighted by Gasteiger charge is -2.27. The van der Waals surface area contributed by atoms with E-state index in [-0.39, 0.29) is 17.7 Å². The van der Waals surface area contributed by atoms with Gasteiger partial charge in [-0.25, -0.2) is 9.79 Å². The van der Waals surface area contributed by atoms with Gasteiger partial charge in [-0.05, 0) is 38.5 Å². The summed E-state index contributed by atoms with van der Waals surface area (Å²) in [4.78, 5) is 33.7. The van der Waals surface area contributed by atoms with Crippen LogP contribution in [0, 0.1) is 0 Å². The number of nitrogens with zero attached hydrogens (tertiary/aromatic N) is 2. The van der Waals surface area contributed by atoms with E-state index in [4.69, 9.17) is 28.7 Å². The van der Waals surface area contributed by atoms with Gasteiger partial charge in [-0.3, -0.25) is 9.36 Å². The van der Waals surface area contributed by atoms with Crippen LogP contribution in [0.3, 0.4) is 0 Å². The predicted molar refractivity (Wildman–Crippen MR) is 174 cm³/mol. The molecule has 45 heavy (non-hydrogen) atoms. The number of ether oxygens (including phenoxy) is 5. The van der Waals surface area contributed by atoms with Gasteiger partial charge in [0.1, 0.15) is 6.04 Å². The summed E-state index contributed by atoms with van der Waals surface area (Å²) in [6, 6.07) is 19.5. The van der Waals surface area contributed by atoms with E-state index in [1.807, 2.05) is 74.5 Å². The normalized spacial score (nSPS) is 14.4. The van der Waals surface area contributed by atoms with Crippen molar-refractivity contribution < 1.29 is 28.5 Å². The number of methoxy groups -OCH3 is 2. The molecule has 0 fully saturated rings. The zero-order valence-corrected chi connectivity index (χ0v) is 26.8. The van der Waals surface area contributed by atoms with Gasteiger partial charge in [0.25, 0.3) is 5.56 Å². The van der Waals surface area contributed by atoms with Gasteiger partial charge >= 0.3 is 5.97 Å². The monoisotopic (exact) mass is 628 g/mol. The number of hydrogen-bond donors (Lipinski definition) is 0. The number of fused-ring (bicyclic) bond motifs is 1. The van der Waals surface area contributed by atoms with E-state index in [9.17, 15) is 9.59 Å². The maximum absolute atomic E-state index is 14.4. The molecule has 0 bridgehead atoms. The Morgan fingerprint density at radius 2 is 1.60 bits per heavy atom. The first kappa shape index (κ1) is 31.6. The molecule has 2 heterocycles. The molecule has 0 saturated carbocycles. The molecule has 10 heteroatoms. The summed E-state index contributed by atoms with van der Waals surface area (Å²) in [6.45, 7) is 6.62. The second kappa shape index (κ2) is 14.3. The zero-order chi connectivity index (χ0) is 31.9. The highest BCUT2D eigenvalue weighted by Crippen LogP contribution is 2.42. The van der Waals surface area contributed by atoms with Gasteiger partial charge in [-0.15, -0.1) is 0 Å². The molecule has 5 rings (SSSR count). The predicted octanol–water partition coefficient (Wildman–Crippen LogP) is 5.14. The summed E-state index contributed by atoms with van der Waals surface area (Å²) >= 11 is 1.23. The van der Waals surface area contributed by atoms with Crippen LogP contribution in [0.1, 0.15) is 49.9 Å². The second-order valence-corrected chi connectivity index (χ2v) is 11.0. The summed E-state index contributed by atoms with van der Waals surface area (Å²) in [5, 5.41) is 0. The van der Waals surface area contributed by atoms with E-state index < -0.39 is 12.0 Å². The molecule has 1 aromatic heterocycles. The smallest absolute Gasteiger partial charge is 0.338 e. The van der Waals surface area contributed by atoms with Crippen LogP contribution in [0.15, 0.2) is 82.1 Å². The Morgan fingerprint density at radius 1 is 0.889 bits per heavy atom. The number of para-hydroxylation sites is 2. The molecule has 0 radical (unpaired) electrons. The summed E-state index contributed by atoms with van der Waals surface area (Å²) in [7, 11) is 3.13. The summed E-state index contributed by atoms with van der Waals surface area (Å²) in [6.07, 6.45) is 2.52. The number of benzene rings is 3. The van der Waals surface area contributed by atoms with Gasteiger partial charge in [0, 0.05) is 16.7 Å². The van der Waals surface area contributed by atoms with Crippen molar-refractivity contribution >= 4 is 29.1 Å². The number of carbonyl (C=O) groups is 1. The van der Waals surface area contributed by atoms with Crippen LogP contribution in [0.4, 0.5) is 0 Å². The van der Waals surface area contributed by atoms with E-state index in [0.717, 1.165) is 6.42 Å². The van der Waals surface area contributed by atoms with Crippen molar-refractivity contribution in [3.8, 4) is 23.0 Å². The maximum Gasteiger partial charge on any atom is 0.338 e. The van der Waals surface area contributed by atoms with Gasteiger partial charge in [-0.2, -0.15) is 0 Å². The number of aromatic nitrogens is 1. The lowest BCUT2D eigenvalue weighted by atomic mass is 9.92. The summed E-state index contributed by atoms with van der Waals surface area (Å²) < 4.78 is 30.9. The van der Waals surface area contributed by atoms with Crippen LogP contribution in [0.2, 0.25) is 0 Å². The van der Waals surface area contributed by atoms with E-state index >= 15 is 0 Å². The van der Waals surface area contributed by atoms with E-state index in [2.05, 4.69) is 0 Å². The van der Waals surface area contributed by atoms with E-state index in [1.165, 1.54) is 11.3 Å².